The number of nitrogens with one attached hydrogen (secondary N) is 1. The highest BCUT2D eigenvalue weighted by atomic mass is 79.9. The van der Waals surface area contributed by atoms with Gasteiger partial charge >= 0.3 is 0 Å². The topological polar surface area (TPSA) is 34.1 Å². The van der Waals surface area contributed by atoms with Gasteiger partial charge in [-0.2, -0.15) is 0 Å². The predicted molar refractivity (Wildman–Crippen MR) is 89.7 cm³/mol. The van der Waals surface area contributed by atoms with Crippen molar-refractivity contribution in [3.05, 3.63) is 58.3 Å². The lowest BCUT2D eigenvalue weighted by atomic mass is 10.0. The van der Waals surface area contributed by atoms with Gasteiger partial charge in [-0.05, 0) is 65.1 Å². The van der Waals surface area contributed by atoms with Crippen molar-refractivity contribution in [3.8, 4) is 5.75 Å². The van der Waals surface area contributed by atoms with Crippen LogP contribution >= 0.6 is 15.9 Å². The van der Waals surface area contributed by atoms with Gasteiger partial charge < -0.3 is 10.1 Å². The number of hydrogen-bond donors (Lipinski definition) is 1. The van der Waals surface area contributed by atoms with Gasteiger partial charge in [-0.15, -0.1) is 0 Å². The van der Waals surface area contributed by atoms with E-state index in [4.69, 9.17) is 4.74 Å². The van der Waals surface area contributed by atoms with Crippen LogP contribution in [0.2, 0.25) is 0 Å². The lowest BCUT2D eigenvalue weighted by Gasteiger charge is -2.19. The summed E-state index contributed by atoms with van der Waals surface area (Å²) in [6.07, 6.45) is 3.82. The molecule has 2 rings (SSSR count). The van der Waals surface area contributed by atoms with Crippen LogP contribution in [0.4, 0.5) is 0 Å². The largest absolute Gasteiger partial charge is 0.497 e. The van der Waals surface area contributed by atoms with E-state index in [0.717, 1.165) is 35.3 Å². The second-order valence-corrected chi connectivity index (χ2v) is 5.79. The Morgan fingerprint density at radius 3 is 2.86 bits per heavy atom. The molecule has 0 amide bonds. The van der Waals surface area contributed by atoms with Crippen LogP contribution in [0.5, 0.6) is 5.75 Å². The molecule has 0 aliphatic carbocycles. The Morgan fingerprint density at radius 1 is 1.29 bits per heavy atom. The highest BCUT2D eigenvalue weighted by molar-refractivity contribution is 9.10. The fourth-order valence-corrected chi connectivity index (χ4v) is 2.80. The third-order valence-corrected chi connectivity index (χ3v) is 4.00. The zero-order chi connectivity index (χ0) is 15.1. The molecular formula is C17H21BrN2O. The molecule has 1 atom stereocenters. The highest BCUT2D eigenvalue weighted by Gasteiger charge is 2.16. The first kappa shape index (κ1) is 16.0. The highest BCUT2D eigenvalue weighted by Crippen LogP contribution is 2.25. The lowest BCUT2D eigenvalue weighted by molar-refractivity contribution is 0.413. The molecule has 3 nitrogen and oxygen atoms in total. The number of aromatic nitrogens is 1. The maximum atomic E-state index is 5.30. The monoisotopic (exact) mass is 348 g/mol. The van der Waals surface area contributed by atoms with Gasteiger partial charge in [0, 0.05) is 10.7 Å². The summed E-state index contributed by atoms with van der Waals surface area (Å²) >= 11 is 3.60. The molecule has 2 aromatic rings. The van der Waals surface area contributed by atoms with E-state index in [0.29, 0.717) is 0 Å². The molecule has 1 unspecified atom stereocenters. The first-order valence-electron chi connectivity index (χ1n) is 7.21. The lowest BCUT2D eigenvalue weighted by Crippen LogP contribution is -2.25. The normalized spacial score (nSPS) is 12.1. The van der Waals surface area contributed by atoms with Crippen LogP contribution in [0.1, 0.15) is 30.6 Å². The van der Waals surface area contributed by atoms with Gasteiger partial charge in [0.1, 0.15) is 5.75 Å². The van der Waals surface area contributed by atoms with Gasteiger partial charge in [-0.25, -0.2) is 0 Å². The van der Waals surface area contributed by atoms with Crippen molar-refractivity contribution in [1.29, 1.82) is 0 Å². The molecule has 0 radical (unpaired) electrons. The second-order valence-electron chi connectivity index (χ2n) is 4.93. The minimum atomic E-state index is 0.188. The molecule has 0 aliphatic heterocycles. The molecule has 0 bridgehead atoms. The first-order valence-corrected chi connectivity index (χ1v) is 8.00. The maximum absolute atomic E-state index is 5.30. The summed E-state index contributed by atoms with van der Waals surface area (Å²) in [5.74, 6) is 0.891. The van der Waals surface area contributed by atoms with Crippen molar-refractivity contribution in [3.63, 3.8) is 0 Å². The minimum absolute atomic E-state index is 0.188. The number of methoxy groups -OCH3 is 1. The summed E-state index contributed by atoms with van der Waals surface area (Å²) in [6, 6.07) is 12.4. The Labute approximate surface area is 134 Å². The van der Waals surface area contributed by atoms with Crippen LogP contribution in [0, 0.1) is 0 Å². The zero-order valence-corrected chi connectivity index (χ0v) is 14.1. The van der Waals surface area contributed by atoms with Crippen LogP contribution in [0.25, 0.3) is 0 Å². The number of ether oxygens (including phenoxy) is 1. The van der Waals surface area contributed by atoms with E-state index in [2.05, 4.69) is 45.3 Å². The van der Waals surface area contributed by atoms with E-state index in [9.17, 15) is 0 Å². The average molecular weight is 349 g/mol. The molecule has 0 fully saturated rings. The van der Waals surface area contributed by atoms with Crippen molar-refractivity contribution < 1.29 is 4.74 Å². The molecule has 0 saturated heterocycles. The molecule has 4 heteroatoms. The Bertz CT molecular complexity index is 574. The summed E-state index contributed by atoms with van der Waals surface area (Å²) in [6.45, 7) is 3.14. The average Bonchev–Trinajstić information content (AvgIpc) is 2.52. The molecule has 0 saturated carbocycles. The van der Waals surface area contributed by atoms with Crippen LogP contribution in [-0.2, 0) is 6.42 Å². The van der Waals surface area contributed by atoms with E-state index < -0.39 is 0 Å². The zero-order valence-electron chi connectivity index (χ0n) is 12.5. The summed E-state index contributed by atoms with van der Waals surface area (Å²) < 4.78 is 6.34. The molecule has 1 N–H and O–H groups in total. The van der Waals surface area contributed by atoms with E-state index in [1.165, 1.54) is 5.56 Å². The molecule has 1 heterocycles. The molecular weight excluding hydrogens is 328 g/mol. The standard InChI is InChI=1S/C17H21BrN2O/c1-3-9-19-16(17-15(18)8-5-10-20-17)12-13-6-4-7-14(11-13)21-2/h4-8,10-11,16,19H,3,9,12H2,1-2H3. The van der Waals surface area contributed by atoms with E-state index in [1.54, 1.807) is 7.11 Å². The molecule has 0 spiro atoms. The number of pyridine rings is 1. The smallest absolute Gasteiger partial charge is 0.119 e. The van der Waals surface area contributed by atoms with Crippen LogP contribution < -0.4 is 10.1 Å². The summed E-state index contributed by atoms with van der Waals surface area (Å²) in [5.41, 5.74) is 2.29. The first-order chi connectivity index (χ1) is 10.2. The van der Waals surface area contributed by atoms with E-state index >= 15 is 0 Å². The van der Waals surface area contributed by atoms with Crippen LogP contribution in [0.15, 0.2) is 47.1 Å². The van der Waals surface area contributed by atoms with E-state index in [-0.39, 0.29) is 6.04 Å². The SMILES string of the molecule is CCCNC(Cc1cccc(OC)c1)c1ncccc1Br. The van der Waals surface area contributed by atoms with E-state index in [1.807, 2.05) is 30.5 Å². The third kappa shape index (κ3) is 4.55. The number of halogens is 1. The van der Waals surface area contributed by atoms with Gasteiger partial charge in [-0.1, -0.05) is 19.1 Å². The third-order valence-electron chi connectivity index (χ3n) is 3.33. The van der Waals surface area contributed by atoms with Gasteiger partial charge in [-0.3, -0.25) is 4.98 Å². The number of nitrogens with zero attached hydrogens (tertiary/aromatic N) is 1. The second kappa shape index (κ2) is 8.15. The van der Waals surface area contributed by atoms with Gasteiger partial charge in [0.05, 0.1) is 18.8 Å². The van der Waals surface area contributed by atoms with Gasteiger partial charge in [0.25, 0.3) is 0 Å². The Kier molecular flexibility index (Phi) is 6.21. The molecule has 0 aliphatic rings. The van der Waals surface area contributed by atoms with Crippen molar-refractivity contribution in [1.82, 2.24) is 10.3 Å². The predicted octanol–water partition coefficient (Wildman–Crippen LogP) is 4.14. The summed E-state index contributed by atoms with van der Waals surface area (Å²) in [5, 5.41) is 3.58. The minimum Gasteiger partial charge on any atom is -0.497 e. The van der Waals surface area contributed by atoms with Crippen molar-refractivity contribution in [2.24, 2.45) is 0 Å². The number of hydrogen-bond acceptors (Lipinski definition) is 3. The Hall–Kier alpha value is -1.39. The molecule has 112 valence electrons. The van der Waals surface area contributed by atoms with Crippen molar-refractivity contribution in [2.45, 2.75) is 25.8 Å². The number of benzene rings is 1. The van der Waals surface area contributed by atoms with Crippen molar-refractivity contribution >= 4 is 15.9 Å². The van der Waals surface area contributed by atoms with Crippen LogP contribution in [-0.4, -0.2) is 18.6 Å². The van der Waals surface area contributed by atoms with Crippen molar-refractivity contribution in [2.75, 3.05) is 13.7 Å². The Morgan fingerprint density at radius 2 is 2.14 bits per heavy atom. The number of rotatable bonds is 7. The fraction of sp³-hybridized carbons (Fsp3) is 0.353. The molecule has 1 aromatic carbocycles. The van der Waals surface area contributed by atoms with Crippen LogP contribution in [0.3, 0.4) is 0 Å². The fourth-order valence-electron chi connectivity index (χ4n) is 2.27. The molecule has 21 heavy (non-hydrogen) atoms. The molecule has 1 aromatic heterocycles. The Balaban J connectivity index is 2.21. The summed E-state index contributed by atoms with van der Waals surface area (Å²) in [7, 11) is 1.70. The summed E-state index contributed by atoms with van der Waals surface area (Å²) in [4.78, 5) is 4.53. The maximum Gasteiger partial charge on any atom is 0.119 e. The quantitative estimate of drug-likeness (QED) is 0.816. The van der Waals surface area contributed by atoms with Gasteiger partial charge in [0.2, 0.25) is 0 Å². The van der Waals surface area contributed by atoms with Gasteiger partial charge in [0.15, 0.2) is 0 Å².